The molecule has 1 N–H and O–H groups in total. The van der Waals surface area contributed by atoms with Crippen molar-refractivity contribution in [2.24, 2.45) is 0 Å². The Kier molecular flexibility index (Phi) is 5.64. The highest BCUT2D eigenvalue weighted by Crippen LogP contribution is 2.44. The molecule has 0 saturated heterocycles. The van der Waals surface area contributed by atoms with E-state index >= 15 is 0 Å². The van der Waals surface area contributed by atoms with Gasteiger partial charge in [-0.1, -0.05) is 127 Å². The standard InChI is InChI=1S/C36H28N2/c1-4-14-26(15-5-1)24-38-25-31(29-20-11-13-23-33(29)38)34(27-16-6-2-7-17-27)35-30-21-10-12-22-32(30)37-36(35)28-18-8-3-9-19-28/h1-23,25,34,37H,24H2. The summed E-state index contributed by atoms with van der Waals surface area (Å²) in [5.74, 6) is 0.0597. The van der Waals surface area contributed by atoms with Crippen molar-refractivity contribution in [3.8, 4) is 11.3 Å². The van der Waals surface area contributed by atoms with E-state index in [-0.39, 0.29) is 5.92 Å². The number of nitrogens with one attached hydrogen (secondary N) is 1. The van der Waals surface area contributed by atoms with Crippen LogP contribution in [0.25, 0.3) is 33.1 Å². The van der Waals surface area contributed by atoms with Gasteiger partial charge in [0, 0.05) is 40.5 Å². The van der Waals surface area contributed by atoms with Gasteiger partial charge in [0.25, 0.3) is 0 Å². The van der Waals surface area contributed by atoms with Crippen molar-refractivity contribution in [3.05, 3.63) is 168 Å². The normalized spacial score (nSPS) is 12.2. The molecule has 1 unspecified atom stereocenters. The number of nitrogens with zero attached hydrogens (tertiary/aromatic N) is 1. The number of para-hydroxylation sites is 2. The van der Waals surface area contributed by atoms with Crippen molar-refractivity contribution in [1.82, 2.24) is 9.55 Å². The predicted octanol–water partition coefficient (Wildman–Crippen LogP) is 9.02. The summed E-state index contributed by atoms with van der Waals surface area (Å²) in [6.45, 7) is 0.836. The monoisotopic (exact) mass is 488 g/mol. The quantitative estimate of drug-likeness (QED) is 0.241. The van der Waals surface area contributed by atoms with Crippen LogP contribution in [0.3, 0.4) is 0 Å². The number of H-pyrrole nitrogens is 1. The fourth-order valence-corrected chi connectivity index (χ4v) is 5.86. The Morgan fingerprint density at radius 1 is 0.579 bits per heavy atom. The summed E-state index contributed by atoms with van der Waals surface area (Å²) < 4.78 is 2.41. The number of hydrogen-bond acceptors (Lipinski definition) is 0. The van der Waals surface area contributed by atoms with Crippen LogP contribution in [0.1, 0.15) is 28.2 Å². The molecule has 7 aromatic rings. The Labute approximate surface area is 222 Å². The first-order chi connectivity index (χ1) is 18.9. The first-order valence-corrected chi connectivity index (χ1v) is 13.2. The maximum Gasteiger partial charge on any atom is 0.0507 e. The highest BCUT2D eigenvalue weighted by molar-refractivity contribution is 5.94. The van der Waals surface area contributed by atoms with Crippen LogP contribution in [-0.2, 0) is 6.54 Å². The van der Waals surface area contributed by atoms with E-state index in [1.54, 1.807) is 0 Å². The summed E-state index contributed by atoms with van der Waals surface area (Å²) in [5.41, 5.74) is 10.0. The van der Waals surface area contributed by atoms with Gasteiger partial charge in [0.1, 0.15) is 0 Å². The van der Waals surface area contributed by atoms with E-state index in [4.69, 9.17) is 0 Å². The van der Waals surface area contributed by atoms with Crippen LogP contribution < -0.4 is 0 Å². The molecule has 0 aliphatic heterocycles. The zero-order chi connectivity index (χ0) is 25.3. The van der Waals surface area contributed by atoms with Gasteiger partial charge < -0.3 is 9.55 Å². The lowest BCUT2D eigenvalue weighted by molar-refractivity contribution is 0.826. The average Bonchev–Trinajstić information content (AvgIpc) is 3.54. The third-order valence-corrected chi connectivity index (χ3v) is 7.56. The molecule has 1 atom stereocenters. The number of benzene rings is 5. The van der Waals surface area contributed by atoms with Crippen LogP contribution in [0.5, 0.6) is 0 Å². The van der Waals surface area contributed by atoms with Gasteiger partial charge in [0.05, 0.1) is 5.69 Å². The van der Waals surface area contributed by atoms with Crippen LogP contribution in [0.15, 0.2) is 146 Å². The first-order valence-electron chi connectivity index (χ1n) is 13.2. The van der Waals surface area contributed by atoms with Crippen molar-refractivity contribution in [1.29, 1.82) is 0 Å². The molecule has 2 aromatic heterocycles. The average molecular weight is 489 g/mol. The summed E-state index contributed by atoms with van der Waals surface area (Å²) in [5, 5.41) is 2.56. The van der Waals surface area contributed by atoms with Gasteiger partial charge >= 0.3 is 0 Å². The molecule has 0 amide bonds. The van der Waals surface area contributed by atoms with E-state index in [2.05, 4.69) is 155 Å². The minimum atomic E-state index is 0.0597. The van der Waals surface area contributed by atoms with Crippen LogP contribution in [0.2, 0.25) is 0 Å². The molecule has 0 spiro atoms. The third kappa shape index (κ3) is 3.91. The lowest BCUT2D eigenvalue weighted by Crippen LogP contribution is -2.05. The summed E-state index contributed by atoms with van der Waals surface area (Å²) in [4.78, 5) is 3.79. The molecule has 0 aliphatic carbocycles. The second kappa shape index (κ2) is 9.57. The predicted molar refractivity (Wildman–Crippen MR) is 159 cm³/mol. The highest BCUT2D eigenvalue weighted by Gasteiger charge is 2.27. The molecule has 182 valence electrons. The molecule has 2 nitrogen and oxygen atoms in total. The van der Waals surface area contributed by atoms with E-state index in [0.29, 0.717) is 0 Å². The van der Waals surface area contributed by atoms with E-state index in [0.717, 1.165) is 12.1 Å². The van der Waals surface area contributed by atoms with Gasteiger partial charge in [0.2, 0.25) is 0 Å². The number of rotatable bonds is 6. The number of aromatic nitrogens is 2. The third-order valence-electron chi connectivity index (χ3n) is 7.56. The summed E-state index contributed by atoms with van der Waals surface area (Å²) in [6, 6.07) is 49.9. The molecule has 0 radical (unpaired) electrons. The Hall–Kier alpha value is -4.82. The Bertz CT molecular complexity index is 1830. The SMILES string of the molecule is c1ccc(Cn2cc(C(c3ccccc3)c3c(-c4ccccc4)[nH]c4ccccc34)c3ccccc32)cc1. The maximum absolute atomic E-state index is 3.79. The van der Waals surface area contributed by atoms with Crippen molar-refractivity contribution < 1.29 is 0 Å². The van der Waals surface area contributed by atoms with Gasteiger partial charge in [-0.15, -0.1) is 0 Å². The van der Waals surface area contributed by atoms with Gasteiger partial charge in [-0.25, -0.2) is 0 Å². The van der Waals surface area contributed by atoms with Crippen LogP contribution in [0, 0.1) is 0 Å². The van der Waals surface area contributed by atoms with Crippen LogP contribution in [-0.4, -0.2) is 9.55 Å². The van der Waals surface area contributed by atoms with E-state index < -0.39 is 0 Å². The Morgan fingerprint density at radius 2 is 1.18 bits per heavy atom. The number of fused-ring (bicyclic) bond motifs is 2. The van der Waals surface area contributed by atoms with Crippen LogP contribution >= 0.6 is 0 Å². The molecule has 0 aliphatic rings. The number of aromatic amines is 1. The molecule has 38 heavy (non-hydrogen) atoms. The summed E-state index contributed by atoms with van der Waals surface area (Å²) in [6.07, 6.45) is 2.38. The van der Waals surface area contributed by atoms with Crippen LogP contribution in [0.4, 0.5) is 0 Å². The van der Waals surface area contributed by atoms with E-state index in [1.807, 2.05) is 0 Å². The molecular formula is C36H28N2. The van der Waals surface area contributed by atoms with Gasteiger partial charge in [-0.05, 0) is 39.9 Å². The molecule has 0 saturated carbocycles. The van der Waals surface area contributed by atoms with Gasteiger partial charge in [0.15, 0.2) is 0 Å². The largest absolute Gasteiger partial charge is 0.354 e. The molecule has 7 rings (SSSR count). The summed E-state index contributed by atoms with van der Waals surface area (Å²) in [7, 11) is 0. The smallest absolute Gasteiger partial charge is 0.0507 e. The fraction of sp³-hybridized carbons (Fsp3) is 0.0556. The highest BCUT2D eigenvalue weighted by atomic mass is 15.0. The van der Waals surface area contributed by atoms with Crippen molar-refractivity contribution in [3.63, 3.8) is 0 Å². The zero-order valence-corrected chi connectivity index (χ0v) is 21.1. The van der Waals surface area contributed by atoms with Crippen molar-refractivity contribution in [2.45, 2.75) is 12.5 Å². The molecular weight excluding hydrogens is 460 g/mol. The first kappa shape index (κ1) is 22.4. The molecule has 0 fully saturated rings. The summed E-state index contributed by atoms with van der Waals surface area (Å²) >= 11 is 0. The minimum absolute atomic E-state index is 0.0597. The Balaban J connectivity index is 1.52. The maximum atomic E-state index is 3.79. The topological polar surface area (TPSA) is 20.7 Å². The molecule has 0 bridgehead atoms. The molecule has 2 heteroatoms. The van der Waals surface area contributed by atoms with Crippen molar-refractivity contribution in [2.75, 3.05) is 0 Å². The van der Waals surface area contributed by atoms with E-state index in [9.17, 15) is 0 Å². The second-order valence-electron chi connectivity index (χ2n) is 9.88. The molecule has 2 heterocycles. The fourth-order valence-electron chi connectivity index (χ4n) is 5.86. The van der Waals surface area contributed by atoms with Gasteiger partial charge in [-0.3, -0.25) is 0 Å². The van der Waals surface area contributed by atoms with Gasteiger partial charge in [-0.2, -0.15) is 0 Å². The van der Waals surface area contributed by atoms with E-state index in [1.165, 1.54) is 49.8 Å². The minimum Gasteiger partial charge on any atom is -0.354 e. The van der Waals surface area contributed by atoms with Crippen molar-refractivity contribution >= 4 is 21.8 Å². The second-order valence-corrected chi connectivity index (χ2v) is 9.88. The lowest BCUT2D eigenvalue weighted by Gasteiger charge is -2.20. The Morgan fingerprint density at radius 3 is 1.95 bits per heavy atom. The molecule has 5 aromatic carbocycles. The zero-order valence-electron chi connectivity index (χ0n) is 21.1. The number of hydrogen-bond donors (Lipinski definition) is 1. The lowest BCUT2D eigenvalue weighted by atomic mass is 9.82.